The van der Waals surface area contributed by atoms with Crippen LogP contribution in [0.1, 0.15) is 158 Å². The van der Waals surface area contributed by atoms with Crippen LogP contribution in [0.4, 0.5) is 34.1 Å². The lowest BCUT2D eigenvalue weighted by Crippen LogP contribution is -2.61. The molecule has 0 atom stereocenters. The van der Waals surface area contributed by atoms with Gasteiger partial charge in [-0.05, 0) is 201 Å². The van der Waals surface area contributed by atoms with E-state index in [9.17, 15) is 0 Å². The van der Waals surface area contributed by atoms with Gasteiger partial charge in [0.05, 0.1) is 28.1 Å². The minimum Gasteiger partial charge on any atom is -0.311 e. The van der Waals surface area contributed by atoms with E-state index < -0.39 is 0 Å². The first-order valence-corrected chi connectivity index (χ1v) is 40.4. The number of benzene rings is 13. The highest BCUT2D eigenvalue weighted by atomic mass is 32.1. The van der Waals surface area contributed by atoms with E-state index in [1.54, 1.807) is 0 Å². The number of thiophene rings is 2. The lowest BCUT2D eigenvalue weighted by molar-refractivity contribution is 0.568. The van der Waals surface area contributed by atoms with E-state index in [0.29, 0.717) is 0 Å². The summed E-state index contributed by atoms with van der Waals surface area (Å²) in [7, 11) is 0. The van der Waals surface area contributed by atoms with Crippen molar-refractivity contribution in [2.75, 3.05) is 9.80 Å². The molecule has 0 amide bonds. The van der Waals surface area contributed by atoms with E-state index in [4.69, 9.17) is 0 Å². The maximum atomic E-state index is 2.71. The lowest BCUT2D eigenvalue weighted by Gasteiger charge is -2.45. The zero-order valence-electron chi connectivity index (χ0n) is 66.0. The van der Waals surface area contributed by atoms with Gasteiger partial charge in [0.15, 0.2) is 0 Å². The molecule has 6 heteroatoms. The molecule has 3 nitrogen and oxygen atoms in total. The summed E-state index contributed by atoms with van der Waals surface area (Å²) in [6.45, 7) is 42.2. The van der Waals surface area contributed by atoms with Crippen LogP contribution in [-0.2, 0) is 32.5 Å². The summed E-state index contributed by atoms with van der Waals surface area (Å²) >= 11 is 3.78. The molecule has 0 fully saturated rings. The number of fused-ring (bicyclic) bond motifs is 13. The third-order valence-electron chi connectivity index (χ3n) is 23.5. The number of hydrogen-bond acceptors (Lipinski definition) is 4. The van der Waals surface area contributed by atoms with Gasteiger partial charge in [0.25, 0.3) is 6.71 Å². The third-order valence-corrected chi connectivity index (χ3v) is 25.7. The fourth-order valence-corrected chi connectivity index (χ4v) is 19.6. The van der Waals surface area contributed by atoms with E-state index in [-0.39, 0.29) is 39.2 Å². The van der Waals surface area contributed by atoms with Gasteiger partial charge in [-0.15, -0.1) is 22.7 Å². The molecule has 2 aliphatic rings. The zero-order valence-corrected chi connectivity index (χ0v) is 67.6. The van der Waals surface area contributed by atoms with Gasteiger partial charge in [0, 0.05) is 85.0 Å². The largest absolute Gasteiger partial charge is 0.311 e. The molecule has 18 rings (SSSR count). The van der Waals surface area contributed by atoms with Crippen molar-refractivity contribution < 1.29 is 0 Å². The molecule has 0 saturated heterocycles. The van der Waals surface area contributed by atoms with Gasteiger partial charge in [0.1, 0.15) is 0 Å². The number of para-hydroxylation sites is 2. The second kappa shape index (κ2) is 24.6. The SMILES string of the molecule is CC(C)(C)c1cc(-c2ccccc2N2c3ccc(-c4cccc5sc6ccccc6c45)cc3B3c4cc(-c5cccc6sc7ccccc7c56)ccc4N(c4ccccc4-c4cc(C(C)(C)C)cc(C(C)(C)C)c4)c4cc(-n5c6ccc(C(C)(C)C)cc6c6cc(C(C)(C)C)ccc65)cc2c43)cc(C(C)(C)C)c1. The van der Waals surface area contributed by atoms with Gasteiger partial charge in [-0.3, -0.25) is 0 Å². The smallest absolute Gasteiger partial charge is 0.252 e. The van der Waals surface area contributed by atoms with Crippen molar-refractivity contribution in [3.05, 3.63) is 288 Å². The molecule has 3 aromatic heterocycles. The summed E-state index contributed by atoms with van der Waals surface area (Å²) in [5, 5.41) is 7.72. The minimum absolute atomic E-state index is 0.0777. The van der Waals surface area contributed by atoms with E-state index in [0.717, 1.165) is 39.8 Å². The molecule has 13 aromatic carbocycles. The molecule has 0 unspecified atom stereocenters. The molecule has 5 heterocycles. The van der Waals surface area contributed by atoms with Crippen molar-refractivity contribution in [1.29, 1.82) is 0 Å². The van der Waals surface area contributed by atoms with Crippen LogP contribution in [0.5, 0.6) is 0 Å². The maximum Gasteiger partial charge on any atom is 0.252 e. The molecular weight excluding hydrogens is 1340 g/mol. The Morgan fingerprint density at radius 2 is 0.602 bits per heavy atom. The molecule has 16 aromatic rings. The monoisotopic (exact) mass is 1440 g/mol. The van der Waals surface area contributed by atoms with Gasteiger partial charge < -0.3 is 14.4 Å². The summed E-state index contributed by atoms with van der Waals surface area (Å²) in [6, 6.07) is 100. The Kier molecular flexibility index (Phi) is 15.9. The summed E-state index contributed by atoms with van der Waals surface area (Å²) in [6.07, 6.45) is 0. The van der Waals surface area contributed by atoms with E-state index in [1.807, 2.05) is 22.7 Å². The fourth-order valence-electron chi connectivity index (χ4n) is 17.4. The standard InChI is InChI=1S/C102H96BN3S2/c1-97(2,3)65-43-47-84-78(57-65)79-58-66(98(4,5)6)44-48-85(79)104(84)71-59-88-96-89(60-71)106(83-36-24-20-30-73(83)64-51-69(101(13,14)15)56-70(52-64)102(16,17)18)87-46-42-62(75-34-28-40-93-95(75)77-32-22-26-38-91(77)108-93)54-81(87)103(96)80-53-61(74-33-27-39-92-94(74)76-31-21-25-37-90(76)107-92)41-45-86(80)105(88)82-35-23-19-29-72(82)63-49-67(99(7,8)9)55-68(50-63)100(10,11)12/h19-60H,1-18H3. The average molecular weight is 1440 g/mol. The Labute approximate surface area is 647 Å². The van der Waals surface area contributed by atoms with E-state index >= 15 is 0 Å². The molecule has 0 aliphatic carbocycles. The minimum atomic E-state index is -0.257. The maximum absolute atomic E-state index is 2.71. The number of aromatic nitrogens is 1. The topological polar surface area (TPSA) is 11.4 Å². The van der Waals surface area contributed by atoms with Crippen molar-refractivity contribution in [2.24, 2.45) is 0 Å². The zero-order chi connectivity index (χ0) is 75.2. The molecule has 0 radical (unpaired) electrons. The highest BCUT2D eigenvalue weighted by molar-refractivity contribution is 7.26. The highest BCUT2D eigenvalue weighted by Crippen LogP contribution is 2.53. The first kappa shape index (κ1) is 69.5. The summed E-state index contributed by atoms with van der Waals surface area (Å²) < 4.78 is 7.81. The number of hydrogen-bond donors (Lipinski definition) is 0. The lowest BCUT2D eigenvalue weighted by atomic mass is 9.33. The molecule has 0 saturated carbocycles. The summed E-state index contributed by atoms with van der Waals surface area (Å²) in [5.41, 5.74) is 31.1. The van der Waals surface area contributed by atoms with E-state index in [2.05, 4.69) is 394 Å². The Morgan fingerprint density at radius 1 is 0.250 bits per heavy atom. The first-order valence-electron chi connectivity index (χ1n) is 38.8. The molecule has 0 spiro atoms. The van der Waals surface area contributed by atoms with Crippen LogP contribution in [0.3, 0.4) is 0 Å². The highest BCUT2D eigenvalue weighted by Gasteiger charge is 2.46. The van der Waals surface area contributed by atoms with Crippen LogP contribution in [0.15, 0.2) is 255 Å². The molecule has 108 heavy (non-hydrogen) atoms. The second-order valence-corrected chi connectivity index (χ2v) is 39.2. The van der Waals surface area contributed by atoms with Gasteiger partial charge in [-0.2, -0.15) is 0 Å². The molecular formula is C102H96BN3S2. The number of nitrogens with zero attached hydrogens (tertiary/aromatic N) is 3. The van der Waals surface area contributed by atoms with Crippen LogP contribution < -0.4 is 26.2 Å². The Morgan fingerprint density at radius 3 is 0.991 bits per heavy atom. The van der Waals surface area contributed by atoms with Gasteiger partial charge in [0.2, 0.25) is 0 Å². The van der Waals surface area contributed by atoms with Crippen molar-refractivity contribution in [3.63, 3.8) is 0 Å². The van der Waals surface area contributed by atoms with Crippen molar-refractivity contribution in [1.82, 2.24) is 4.57 Å². The van der Waals surface area contributed by atoms with Crippen LogP contribution in [0.25, 0.3) is 112 Å². The first-order chi connectivity index (χ1) is 51.3. The number of rotatable bonds is 7. The van der Waals surface area contributed by atoms with Gasteiger partial charge in [-0.25, -0.2) is 0 Å². The van der Waals surface area contributed by atoms with E-state index in [1.165, 1.54) is 156 Å². The van der Waals surface area contributed by atoms with Crippen LogP contribution in [-0.4, -0.2) is 11.3 Å². The van der Waals surface area contributed by atoms with Crippen LogP contribution >= 0.6 is 22.7 Å². The van der Waals surface area contributed by atoms with Crippen molar-refractivity contribution in [3.8, 4) is 50.2 Å². The van der Waals surface area contributed by atoms with Gasteiger partial charge in [-0.1, -0.05) is 294 Å². The third kappa shape index (κ3) is 11.5. The second-order valence-electron chi connectivity index (χ2n) is 37.0. The Hall–Kier alpha value is -10.2. The summed E-state index contributed by atoms with van der Waals surface area (Å²) in [5.74, 6) is 0. The van der Waals surface area contributed by atoms with Gasteiger partial charge >= 0.3 is 0 Å². The average Bonchev–Trinajstić information content (AvgIpc) is 0.852. The molecule has 0 bridgehead atoms. The summed E-state index contributed by atoms with van der Waals surface area (Å²) in [4.78, 5) is 5.41. The molecule has 0 N–H and O–H groups in total. The molecule has 2 aliphatic heterocycles. The fraction of sp³-hybridized carbons (Fsp3) is 0.235. The number of anilines is 6. The Bertz CT molecular complexity index is 5960. The van der Waals surface area contributed by atoms with Crippen molar-refractivity contribution in [2.45, 2.75) is 157 Å². The predicted molar refractivity (Wildman–Crippen MR) is 475 cm³/mol. The van der Waals surface area contributed by atoms with Crippen LogP contribution in [0.2, 0.25) is 0 Å². The van der Waals surface area contributed by atoms with Crippen molar-refractivity contribution >= 4 is 142 Å². The normalized spacial score (nSPS) is 13.6. The quantitative estimate of drug-likeness (QED) is 0.147. The van der Waals surface area contributed by atoms with Crippen LogP contribution in [0, 0.1) is 0 Å². The molecule has 534 valence electrons. The predicted octanol–water partition coefficient (Wildman–Crippen LogP) is 28.1. The Balaban J connectivity index is 1.02.